The van der Waals surface area contributed by atoms with E-state index in [0.717, 1.165) is 23.5 Å². The molecule has 1 aliphatic rings. The Balaban J connectivity index is 1.52. The quantitative estimate of drug-likeness (QED) is 0.874. The fraction of sp³-hybridized carbons (Fsp3) is 0.444. The maximum absolute atomic E-state index is 12.5. The van der Waals surface area contributed by atoms with Crippen molar-refractivity contribution in [2.75, 3.05) is 25.5 Å². The summed E-state index contributed by atoms with van der Waals surface area (Å²) in [7, 11) is 1.80. The van der Waals surface area contributed by atoms with Gasteiger partial charge in [0, 0.05) is 25.5 Å². The topological polar surface area (TPSA) is 65.5 Å². The molecule has 1 aromatic carbocycles. The van der Waals surface area contributed by atoms with Gasteiger partial charge in [-0.15, -0.1) is 11.3 Å². The number of hydrogen-bond acceptors (Lipinski definition) is 5. The fourth-order valence-corrected chi connectivity index (χ4v) is 3.80. The van der Waals surface area contributed by atoms with Gasteiger partial charge in [0.25, 0.3) is 5.91 Å². The van der Waals surface area contributed by atoms with Crippen molar-refractivity contribution in [3.63, 3.8) is 0 Å². The molecule has 0 saturated carbocycles. The van der Waals surface area contributed by atoms with E-state index in [-0.39, 0.29) is 17.9 Å². The first kappa shape index (κ1) is 16.9. The van der Waals surface area contributed by atoms with Crippen LogP contribution in [0.1, 0.15) is 28.9 Å². The van der Waals surface area contributed by atoms with E-state index in [9.17, 15) is 9.90 Å². The van der Waals surface area contributed by atoms with Gasteiger partial charge in [-0.1, -0.05) is 30.3 Å². The van der Waals surface area contributed by atoms with Gasteiger partial charge in [-0.3, -0.25) is 4.79 Å². The van der Waals surface area contributed by atoms with Crippen LogP contribution in [0.25, 0.3) is 0 Å². The van der Waals surface area contributed by atoms with Gasteiger partial charge in [0.05, 0.1) is 6.10 Å². The summed E-state index contributed by atoms with van der Waals surface area (Å²) in [5, 5.41) is 16.0. The number of aliphatic hydroxyl groups is 1. The van der Waals surface area contributed by atoms with Crippen molar-refractivity contribution in [2.24, 2.45) is 5.92 Å². The summed E-state index contributed by atoms with van der Waals surface area (Å²) in [5.41, 5.74) is 1.67. The number of piperidine rings is 1. The zero-order valence-electron chi connectivity index (χ0n) is 13.8. The molecule has 5 nitrogen and oxygen atoms in total. The number of anilines is 1. The number of benzene rings is 1. The second-order valence-electron chi connectivity index (χ2n) is 6.17. The molecular weight excluding hydrogens is 322 g/mol. The lowest BCUT2D eigenvalue weighted by Crippen LogP contribution is -2.41. The minimum absolute atomic E-state index is 0.0104. The summed E-state index contributed by atoms with van der Waals surface area (Å²) in [4.78, 5) is 18.6. The SMILES string of the molecule is CNc1nc(C(=O)N2CCC([C@@H](O)Cc3ccccc3)CC2)cs1. The zero-order chi connectivity index (χ0) is 16.9. The zero-order valence-corrected chi connectivity index (χ0v) is 14.6. The number of carbonyl (C=O) groups excluding carboxylic acids is 1. The molecule has 0 unspecified atom stereocenters. The number of aliphatic hydroxyl groups excluding tert-OH is 1. The van der Waals surface area contributed by atoms with Gasteiger partial charge in [0.1, 0.15) is 5.69 Å². The largest absolute Gasteiger partial charge is 0.392 e. The molecule has 2 heterocycles. The predicted molar refractivity (Wildman–Crippen MR) is 96.4 cm³/mol. The van der Waals surface area contributed by atoms with Crippen LogP contribution in [0.4, 0.5) is 5.13 Å². The Labute approximate surface area is 146 Å². The molecule has 1 aliphatic heterocycles. The van der Waals surface area contributed by atoms with Gasteiger partial charge in [0.2, 0.25) is 0 Å². The van der Waals surface area contributed by atoms with Crippen molar-refractivity contribution in [3.05, 3.63) is 47.0 Å². The van der Waals surface area contributed by atoms with Gasteiger partial charge in [-0.2, -0.15) is 0 Å². The van der Waals surface area contributed by atoms with E-state index >= 15 is 0 Å². The first-order chi connectivity index (χ1) is 11.7. The molecule has 3 rings (SSSR count). The van der Waals surface area contributed by atoms with Gasteiger partial charge in [-0.25, -0.2) is 4.98 Å². The molecule has 1 atom stereocenters. The Morgan fingerprint density at radius 2 is 2.08 bits per heavy atom. The van der Waals surface area contributed by atoms with E-state index in [1.54, 1.807) is 12.4 Å². The van der Waals surface area contributed by atoms with Crippen LogP contribution in [0.3, 0.4) is 0 Å². The van der Waals surface area contributed by atoms with Gasteiger partial charge >= 0.3 is 0 Å². The lowest BCUT2D eigenvalue weighted by atomic mass is 9.88. The number of amides is 1. The summed E-state index contributed by atoms with van der Waals surface area (Å²) in [6, 6.07) is 10.1. The Morgan fingerprint density at radius 3 is 2.71 bits per heavy atom. The first-order valence-electron chi connectivity index (χ1n) is 8.32. The van der Waals surface area contributed by atoms with Crippen LogP contribution in [0.2, 0.25) is 0 Å². The highest BCUT2D eigenvalue weighted by molar-refractivity contribution is 7.13. The summed E-state index contributed by atoms with van der Waals surface area (Å²) in [6.45, 7) is 1.36. The highest BCUT2D eigenvalue weighted by Gasteiger charge is 2.28. The number of rotatable bonds is 5. The summed E-state index contributed by atoms with van der Waals surface area (Å²) in [6.07, 6.45) is 2.00. The lowest BCUT2D eigenvalue weighted by molar-refractivity contribution is 0.0464. The van der Waals surface area contributed by atoms with Crippen molar-refractivity contribution in [1.29, 1.82) is 0 Å². The number of aromatic nitrogens is 1. The Kier molecular flexibility index (Phi) is 5.48. The number of likely N-dealkylation sites (tertiary alicyclic amines) is 1. The van der Waals surface area contributed by atoms with Crippen LogP contribution < -0.4 is 5.32 Å². The van der Waals surface area contributed by atoms with Crippen molar-refractivity contribution in [1.82, 2.24) is 9.88 Å². The summed E-state index contributed by atoms with van der Waals surface area (Å²) >= 11 is 1.44. The normalized spacial score (nSPS) is 16.8. The molecule has 128 valence electrons. The molecule has 0 bridgehead atoms. The van der Waals surface area contributed by atoms with Crippen LogP contribution in [-0.2, 0) is 6.42 Å². The monoisotopic (exact) mass is 345 g/mol. The highest BCUT2D eigenvalue weighted by atomic mass is 32.1. The predicted octanol–water partition coefficient (Wildman–Crippen LogP) is 2.64. The van der Waals surface area contributed by atoms with Gasteiger partial charge < -0.3 is 15.3 Å². The van der Waals surface area contributed by atoms with Crippen molar-refractivity contribution < 1.29 is 9.90 Å². The van der Waals surface area contributed by atoms with E-state index in [2.05, 4.69) is 10.3 Å². The fourth-order valence-electron chi connectivity index (χ4n) is 3.16. The van der Waals surface area contributed by atoms with Crippen LogP contribution in [0, 0.1) is 5.92 Å². The second-order valence-corrected chi connectivity index (χ2v) is 7.03. The molecule has 0 aliphatic carbocycles. The Bertz CT molecular complexity index is 666. The smallest absolute Gasteiger partial charge is 0.273 e. The van der Waals surface area contributed by atoms with Crippen molar-refractivity contribution in [2.45, 2.75) is 25.4 Å². The van der Waals surface area contributed by atoms with Crippen LogP contribution in [0.5, 0.6) is 0 Å². The second kappa shape index (κ2) is 7.77. The van der Waals surface area contributed by atoms with E-state index in [4.69, 9.17) is 0 Å². The molecule has 24 heavy (non-hydrogen) atoms. The summed E-state index contributed by atoms with van der Waals surface area (Å²) in [5.74, 6) is 0.237. The molecule has 0 radical (unpaired) electrons. The lowest BCUT2D eigenvalue weighted by Gasteiger charge is -2.34. The number of hydrogen-bond donors (Lipinski definition) is 2. The average molecular weight is 345 g/mol. The molecule has 0 spiro atoms. The van der Waals surface area contributed by atoms with Crippen molar-refractivity contribution >= 4 is 22.4 Å². The number of nitrogens with one attached hydrogen (secondary N) is 1. The van der Waals surface area contributed by atoms with E-state index in [1.807, 2.05) is 35.2 Å². The molecule has 1 aromatic heterocycles. The third-order valence-corrected chi connectivity index (χ3v) is 5.46. The van der Waals surface area contributed by atoms with E-state index in [1.165, 1.54) is 11.3 Å². The van der Waals surface area contributed by atoms with Gasteiger partial charge in [0.15, 0.2) is 5.13 Å². The standard InChI is InChI=1S/C18H23N3O2S/c1-19-18-20-15(12-24-18)17(23)21-9-7-14(8-10-21)16(22)11-13-5-3-2-4-6-13/h2-6,12,14,16,22H,7-11H2,1H3,(H,19,20)/t16-/m0/s1. The maximum Gasteiger partial charge on any atom is 0.273 e. The third-order valence-electron chi connectivity index (χ3n) is 4.60. The number of carbonyl (C=O) groups is 1. The molecule has 6 heteroatoms. The Hall–Kier alpha value is -1.92. The van der Waals surface area contributed by atoms with E-state index < -0.39 is 0 Å². The Morgan fingerprint density at radius 1 is 1.38 bits per heavy atom. The van der Waals surface area contributed by atoms with E-state index in [0.29, 0.717) is 25.2 Å². The molecular formula is C18H23N3O2S. The molecule has 1 amide bonds. The van der Waals surface area contributed by atoms with Crippen molar-refractivity contribution in [3.8, 4) is 0 Å². The van der Waals surface area contributed by atoms with Crippen LogP contribution >= 0.6 is 11.3 Å². The molecule has 1 fully saturated rings. The van der Waals surface area contributed by atoms with Gasteiger partial charge in [-0.05, 0) is 30.7 Å². The molecule has 1 saturated heterocycles. The number of nitrogens with zero attached hydrogens (tertiary/aromatic N) is 2. The minimum atomic E-state index is -0.347. The van der Waals surface area contributed by atoms with Crippen LogP contribution in [-0.4, -0.2) is 47.1 Å². The van der Waals surface area contributed by atoms with Crippen LogP contribution in [0.15, 0.2) is 35.7 Å². The maximum atomic E-state index is 12.5. The summed E-state index contributed by atoms with van der Waals surface area (Å²) < 4.78 is 0. The third kappa shape index (κ3) is 3.94. The minimum Gasteiger partial charge on any atom is -0.392 e. The molecule has 2 aromatic rings. The highest BCUT2D eigenvalue weighted by Crippen LogP contribution is 2.25. The molecule has 2 N–H and O–H groups in total. The average Bonchev–Trinajstić information content (AvgIpc) is 3.11. The first-order valence-corrected chi connectivity index (χ1v) is 9.20. The number of thiazole rings is 1.